The molecular formula is C7H8FNO. The van der Waals surface area contributed by atoms with E-state index in [2.05, 4.69) is 4.98 Å². The second-order valence-electron chi connectivity index (χ2n) is 1.62. The molecule has 0 spiro atoms. The lowest BCUT2D eigenvalue weighted by molar-refractivity contribution is -0.0979. The predicted octanol–water partition coefficient (Wildman–Crippen LogP) is 1.34. The quantitative estimate of drug-likeness (QED) is 0.545. The summed E-state index contributed by atoms with van der Waals surface area (Å²) in [7, 11) is 0. The average Bonchev–Trinajstić information content (AvgIpc) is 2.00. The van der Waals surface area contributed by atoms with Gasteiger partial charge in [0.05, 0.1) is 6.20 Å². The van der Waals surface area contributed by atoms with Crippen LogP contribution in [0.15, 0.2) is 18.3 Å². The van der Waals surface area contributed by atoms with Crippen molar-refractivity contribution < 1.29 is 9.18 Å². The van der Waals surface area contributed by atoms with Crippen molar-refractivity contribution in [3.05, 3.63) is 29.8 Å². The molecule has 1 rings (SSSR count). The molecule has 0 fully saturated rings. The first kappa shape index (κ1) is 8.75. The van der Waals surface area contributed by atoms with Gasteiger partial charge in [-0.25, -0.2) is 4.39 Å². The summed E-state index contributed by atoms with van der Waals surface area (Å²) in [5, 5.41) is 0. The maximum Gasteiger partial charge on any atom is 0.141 e. The van der Waals surface area contributed by atoms with Crippen molar-refractivity contribution >= 4 is 6.79 Å². The highest BCUT2D eigenvalue weighted by Crippen LogP contribution is 1.94. The highest BCUT2D eigenvalue weighted by molar-refractivity contribution is 5.11. The van der Waals surface area contributed by atoms with Crippen LogP contribution >= 0.6 is 0 Å². The van der Waals surface area contributed by atoms with Crippen molar-refractivity contribution in [3.8, 4) is 0 Å². The van der Waals surface area contributed by atoms with E-state index in [-0.39, 0.29) is 5.82 Å². The largest absolute Gasteiger partial charge is 0.307 e. The Morgan fingerprint density at radius 2 is 2.10 bits per heavy atom. The summed E-state index contributed by atoms with van der Waals surface area (Å²) in [5.74, 6) is -0.282. The zero-order chi connectivity index (χ0) is 7.98. The van der Waals surface area contributed by atoms with Crippen LogP contribution in [0.2, 0.25) is 0 Å². The zero-order valence-corrected chi connectivity index (χ0v) is 5.67. The van der Waals surface area contributed by atoms with E-state index in [1.165, 1.54) is 12.3 Å². The third-order valence-corrected chi connectivity index (χ3v) is 0.875. The standard InChI is InChI=1S/C6H6FN.CH2O/c1-5-2-3-6(7)4-8-5;1-2/h2-4H,1H3;1H2. The molecule has 1 aromatic heterocycles. The van der Waals surface area contributed by atoms with Crippen LogP contribution < -0.4 is 0 Å². The summed E-state index contributed by atoms with van der Waals surface area (Å²) >= 11 is 0. The first-order valence-corrected chi connectivity index (χ1v) is 2.66. The minimum absolute atomic E-state index is 0.282. The normalized spacial score (nSPS) is 7.80. The van der Waals surface area contributed by atoms with Crippen LogP contribution in [0.4, 0.5) is 4.39 Å². The van der Waals surface area contributed by atoms with Crippen LogP contribution in [0.3, 0.4) is 0 Å². The van der Waals surface area contributed by atoms with Gasteiger partial charge in [0.25, 0.3) is 0 Å². The Labute approximate surface area is 58.7 Å². The maximum absolute atomic E-state index is 12.0. The number of hydrogen-bond acceptors (Lipinski definition) is 2. The molecule has 0 saturated heterocycles. The Morgan fingerprint density at radius 1 is 1.50 bits per heavy atom. The molecule has 0 aliphatic heterocycles. The number of rotatable bonds is 0. The van der Waals surface area contributed by atoms with Crippen LogP contribution in [-0.4, -0.2) is 11.8 Å². The fourth-order valence-corrected chi connectivity index (χ4v) is 0.450. The Morgan fingerprint density at radius 3 is 2.40 bits per heavy atom. The van der Waals surface area contributed by atoms with E-state index < -0.39 is 0 Å². The van der Waals surface area contributed by atoms with Crippen molar-refractivity contribution in [2.75, 3.05) is 0 Å². The van der Waals surface area contributed by atoms with E-state index in [4.69, 9.17) is 4.79 Å². The van der Waals surface area contributed by atoms with Gasteiger partial charge in [0.1, 0.15) is 12.6 Å². The monoisotopic (exact) mass is 141 g/mol. The number of aromatic nitrogens is 1. The molecule has 0 aromatic carbocycles. The number of carbonyl (C=O) groups excluding carboxylic acids is 1. The van der Waals surface area contributed by atoms with Crippen LogP contribution in [0.1, 0.15) is 5.69 Å². The van der Waals surface area contributed by atoms with Gasteiger partial charge in [-0.2, -0.15) is 0 Å². The fourth-order valence-electron chi connectivity index (χ4n) is 0.450. The summed E-state index contributed by atoms with van der Waals surface area (Å²) in [6.45, 7) is 3.82. The van der Waals surface area contributed by atoms with Gasteiger partial charge in [-0.05, 0) is 19.1 Å². The van der Waals surface area contributed by atoms with Crippen molar-refractivity contribution in [3.63, 3.8) is 0 Å². The van der Waals surface area contributed by atoms with Gasteiger partial charge >= 0.3 is 0 Å². The van der Waals surface area contributed by atoms with Gasteiger partial charge < -0.3 is 4.79 Å². The molecule has 1 aromatic rings. The Hall–Kier alpha value is -1.25. The molecule has 0 atom stereocenters. The van der Waals surface area contributed by atoms with Gasteiger partial charge in [-0.1, -0.05) is 0 Å². The molecule has 0 radical (unpaired) electrons. The smallest absolute Gasteiger partial charge is 0.141 e. The van der Waals surface area contributed by atoms with Crippen LogP contribution in [0, 0.1) is 12.7 Å². The molecule has 10 heavy (non-hydrogen) atoms. The molecule has 54 valence electrons. The Bertz CT molecular complexity index is 164. The summed E-state index contributed by atoms with van der Waals surface area (Å²) in [5.41, 5.74) is 0.839. The van der Waals surface area contributed by atoms with Gasteiger partial charge in [-0.15, -0.1) is 0 Å². The van der Waals surface area contributed by atoms with Gasteiger partial charge in [0, 0.05) is 5.69 Å². The van der Waals surface area contributed by atoms with Crippen LogP contribution in [0.25, 0.3) is 0 Å². The molecule has 2 nitrogen and oxygen atoms in total. The average molecular weight is 141 g/mol. The minimum Gasteiger partial charge on any atom is -0.307 e. The molecule has 0 amide bonds. The number of hydrogen-bond donors (Lipinski definition) is 0. The number of aryl methyl sites for hydroxylation is 1. The van der Waals surface area contributed by atoms with E-state index in [1.807, 2.05) is 13.7 Å². The highest BCUT2D eigenvalue weighted by Gasteiger charge is 1.84. The van der Waals surface area contributed by atoms with Crippen molar-refractivity contribution in [1.82, 2.24) is 4.98 Å². The summed E-state index contributed by atoms with van der Waals surface area (Å²) in [4.78, 5) is 11.7. The van der Waals surface area contributed by atoms with E-state index in [0.29, 0.717) is 0 Å². The second kappa shape index (κ2) is 4.61. The van der Waals surface area contributed by atoms with Gasteiger partial charge in [0.2, 0.25) is 0 Å². The molecular weight excluding hydrogens is 133 g/mol. The molecule has 0 bridgehead atoms. The minimum atomic E-state index is -0.282. The molecule has 0 N–H and O–H groups in total. The molecule has 1 heterocycles. The van der Waals surface area contributed by atoms with Crippen molar-refractivity contribution in [1.29, 1.82) is 0 Å². The van der Waals surface area contributed by atoms with E-state index >= 15 is 0 Å². The van der Waals surface area contributed by atoms with Crippen molar-refractivity contribution in [2.45, 2.75) is 6.92 Å². The molecule has 0 unspecified atom stereocenters. The lowest BCUT2D eigenvalue weighted by Crippen LogP contribution is -1.79. The molecule has 0 aliphatic rings. The second-order valence-corrected chi connectivity index (χ2v) is 1.62. The first-order chi connectivity index (χ1) is 4.79. The summed E-state index contributed by atoms with van der Waals surface area (Å²) in [6, 6.07) is 3.03. The molecule has 3 heteroatoms. The Balaban J connectivity index is 0.000000371. The Kier molecular flexibility index (Phi) is 4.04. The summed E-state index contributed by atoms with van der Waals surface area (Å²) in [6.07, 6.45) is 1.20. The zero-order valence-electron chi connectivity index (χ0n) is 5.67. The van der Waals surface area contributed by atoms with Crippen molar-refractivity contribution in [2.24, 2.45) is 0 Å². The first-order valence-electron chi connectivity index (χ1n) is 2.66. The lowest BCUT2D eigenvalue weighted by Gasteiger charge is -1.86. The predicted molar refractivity (Wildman–Crippen MR) is 36.1 cm³/mol. The number of carbonyl (C=O) groups is 1. The third kappa shape index (κ3) is 2.91. The number of nitrogens with zero attached hydrogens (tertiary/aromatic N) is 1. The third-order valence-electron chi connectivity index (χ3n) is 0.875. The van der Waals surface area contributed by atoms with Crippen LogP contribution in [-0.2, 0) is 4.79 Å². The van der Waals surface area contributed by atoms with Gasteiger partial charge in [-0.3, -0.25) is 4.98 Å². The molecule has 0 saturated carbocycles. The number of halogens is 1. The van der Waals surface area contributed by atoms with E-state index in [0.717, 1.165) is 5.69 Å². The van der Waals surface area contributed by atoms with E-state index in [1.54, 1.807) is 6.07 Å². The fraction of sp³-hybridized carbons (Fsp3) is 0.143. The SMILES string of the molecule is C=O.Cc1ccc(F)cn1. The number of pyridine rings is 1. The van der Waals surface area contributed by atoms with Crippen LogP contribution in [0.5, 0.6) is 0 Å². The van der Waals surface area contributed by atoms with Gasteiger partial charge in [0.15, 0.2) is 0 Å². The maximum atomic E-state index is 12.0. The summed E-state index contributed by atoms with van der Waals surface area (Å²) < 4.78 is 12.0. The lowest BCUT2D eigenvalue weighted by atomic mass is 10.4. The molecule has 0 aliphatic carbocycles. The highest BCUT2D eigenvalue weighted by atomic mass is 19.1. The van der Waals surface area contributed by atoms with E-state index in [9.17, 15) is 4.39 Å². The topological polar surface area (TPSA) is 30.0 Å².